The first-order valence-electron chi connectivity index (χ1n) is 8.49. The monoisotopic (exact) mass is 377 g/mol. The van der Waals surface area contributed by atoms with Gasteiger partial charge >= 0.3 is 6.03 Å². The molecule has 9 heteroatoms. The molecule has 1 unspecified atom stereocenters. The molecule has 0 bridgehead atoms. The SMILES string of the molecule is COc1ccc(Cc2nnc(NC(=O)NC3CCCNC3)s2)cc1OC. The zero-order chi connectivity index (χ0) is 18.4. The lowest BCUT2D eigenvalue weighted by Gasteiger charge is -2.23. The molecule has 3 N–H and O–H groups in total. The smallest absolute Gasteiger partial charge is 0.321 e. The van der Waals surface area contributed by atoms with Gasteiger partial charge in [-0.25, -0.2) is 4.79 Å². The van der Waals surface area contributed by atoms with Gasteiger partial charge in [0.2, 0.25) is 5.13 Å². The van der Waals surface area contributed by atoms with Gasteiger partial charge in [0, 0.05) is 19.0 Å². The molecule has 3 rings (SSSR count). The van der Waals surface area contributed by atoms with Crippen LogP contribution < -0.4 is 25.4 Å². The zero-order valence-electron chi connectivity index (χ0n) is 14.9. The van der Waals surface area contributed by atoms with E-state index in [1.165, 1.54) is 11.3 Å². The minimum atomic E-state index is -0.243. The number of anilines is 1. The Balaban J connectivity index is 1.56. The first-order valence-corrected chi connectivity index (χ1v) is 9.31. The van der Waals surface area contributed by atoms with E-state index in [2.05, 4.69) is 26.1 Å². The van der Waals surface area contributed by atoms with E-state index in [1.54, 1.807) is 14.2 Å². The number of hydrogen-bond donors (Lipinski definition) is 3. The predicted molar refractivity (Wildman–Crippen MR) is 100 cm³/mol. The van der Waals surface area contributed by atoms with E-state index in [0.717, 1.165) is 36.5 Å². The first kappa shape index (κ1) is 18.4. The lowest BCUT2D eigenvalue weighted by Crippen LogP contribution is -2.47. The van der Waals surface area contributed by atoms with Crippen molar-refractivity contribution in [3.63, 3.8) is 0 Å². The number of nitrogens with zero attached hydrogens (tertiary/aromatic N) is 2. The predicted octanol–water partition coefficient (Wildman–Crippen LogP) is 2.02. The number of aromatic nitrogens is 2. The molecule has 1 aliphatic heterocycles. The normalized spacial score (nSPS) is 16.8. The molecule has 1 aromatic heterocycles. The number of benzene rings is 1. The van der Waals surface area contributed by atoms with Crippen molar-refractivity contribution in [3.05, 3.63) is 28.8 Å². The minimum Gasteiger partial charge on any atom is -0.493 e. The van der Waals surface area contributed by atoms with Crippen molar-refractivity contribution in [2.45, 2.75) is 25.3 Å². The fourth-order valence-corrected chi connectivity index (χ4v) is 3.60. The lowest BCUT2D eigenvalue weighted by atomic mass is 10.1. The second-order valence-electron chi connectivity index (χ2n) is 6.01. The molecule has 1 aliphatic rings. The van der Waals surface area contributed by atoms with Crippen molar-refractivity contribution < 1.29 is 14.3 Å². The number of amides is 2. The van der Waals surface area contributed by atoms with Crippen LogP contribution >= 0.6 is 11.3 Å². The number of carbonyl (C=O) groups excluding carboxylic acids is 1. The summed E-state index contributed by atoms with van der Waals surface area (Å²) in [4.78, 5) is 12.1. The largest absolute Gasteiger partial charge is 0.493 e. The van der Waals surface area contributed by atoms with E-state index >= 15 is 0 Å². The highest BCUT2D eigenvalue weighted by Gasteiger charge is 2.16. The quantitative estimate of drug-likeness (QED) is 0.713. The van der Waals surface area contributed by atoms with E-state index in [4.69, 9.17) is 9.47 Å². The molecule has 26 heavy (non-hydrogen) atoms. The summed E-state index contributed by atoms with van der Waals surface area (Å²) < 4.78 is 10.6. The Kier molecular flexibility index (Phi) is 6.24. The van der Waals surface area contributed by atoms with E-state index in [1.807, 2.05) is 18.2 Å². The molecule has 2 amide bonds. The maximum Gasteiger partial charge on any atom is 0.321 e. The Morgan fingerprint density at radius 1 is 1.31 bits per heavy atom. The Morgan fingerprint density at radius 2 is 2.15 bits per heavy atom. The molecule has 140 valence electrons. The fraction of sp³-hybridized carbons (Fsp3) is 0.471. The molecule has 0 saturated carbocycles. The second-order valence-corrected chi connectivity index (χ2v) is 7.07. The molecule has 1 fully saturated rings. The van der Waals surface area contributed by atoms with E-state index in [0.29, 0.717) is 23.1 Å². The number of ether oxygens (including phenoxy) is 2. The summed E-state index contributed by atoms with van der Waals surface area (Å²) in [6.07, 6.45) is 2.66. The number of nitrogens with one attached hydrogen (secondary N) is 3. The number of rotatable bonds is 6. The van der Waals surface area contributed by atoms with E-state index < -0.39 is 0 Å². The summed E-state index contributed by atoms with van der Waals surface area (Å²) in [5.74, 6) is 1.36. The molecular weight excluding hydrogens is 354 g/mol. The topological polar surface area (TPSA) is 97.4 Å². The van der Waals surface area contributed by atoms with Gasteiger partial charge in [0.05, 0.1) is 14.2 Å². The molecule has 0 radical (unpaired) electrons. The maximum atomic E-state index is 12.1. The van der Waals surface area contributed by atoms with Gasteiger partial charge in [0.25, 0.3) is 0 Å². The first-order chi connectivity index (χ1) is 12.7. The third-order valence-electron chi connectivity index (χ3n) is 4.12. The molecule has 8 nitrogen and oxygen atoms in total. The number of urea groups is 1. The molecule has 1 atom stereocenters. The summed E-state index contributed by atoms with van der Waals surface area (Å²) in [6.45, 7) is 1.81. The van der Waals surface area contributed by atoms with Gasteiger partial charge < -0.3 is 20.1 Å². The molecule has 2 heterocycles. The van der Waals surface area contributed by atoms with Crippen LogP contribution in [0, 0.1) is 0 Å². The van der Waals surface area contributed by atoms with Crippen LogP contribution in [0.25, 0.3) is 0 Å². The molecular formula is C17H23N5O3S. The van der Waals surface area contributed by atoms with Crippen molar-refractivity contribution in [3.8, 4) is 11.5 Å². The summed E-state index contributed by atoms with van der Waals surface area (Å²) in [5, 5.41) is 18.5. The Hall–Kier alpha value is -2.39. The van der Waals surface area contributed by atoms with Crippen molar-refractivity contribution >= 4 is 22.5 Å². The van der Waals surface area contributed by atoms with E-state index in [9.17, 15) is 4.79 Å². The molecule has 0 aliphatic carbocycles. The third kappa shape index (κ3) is 4.83. The summed E-state index contributed by atoms with van der Waals surface area (Å²) in [6, 6.07) is 5.64. The van der Waals surface area contributed by atoms with Gasteiger partial charge in [-0.05, 0) is 37.1 Å². The Bertz CT molecular complexity index is 746. The van der Waals surface area contributed by atoms with Gasteiger partial charge in [0.15, 0.2) is 11.5 Å². The van der Waals surface area contributed by atoms with Gasteiger partial charge in [0.1, 0.15) is 5.01 Å². The van der Waals surface area contributed by atoms with Crippen molar-refractivity contribution in [2.24, 2.45) is 0 Å². The summed E-state index contributed by atoms with van der Waals surface area (Å²) in [7, 11) is 3.21. The van der Waals surface area contributed by atoms with Gasteiger partial charge in [-0.15, -0.1) is 10.2 Å². The minimum absolute atomic E-state index is 0.155. The molecule has 1 saturated heterocycles. The molecule has 1 aromatic carbocycles. The summed E-state index contributed by atoms with van der Waals surface area (Å²) >= 11 is 1.36. The number of carbonyl (C=O) groups is 1. The lowest BCUT2D eigenvalue weighted by molar-refractivity contribution is 0.245. The fourth-order valence-electron chi connectivity index (χ4n) is 2.83. The van der Waals surface area contributed by atoms with Crippen molar-refractivity contribution in [2.75, 3.05) is 32.6 Å². The highest BCUT2D eigenvalue weighted by molar-refractivity contribution is 7.15. The standard InChI is InChI=1S/C17H23N5O3S/c1-24-13-6-5-11(8-14(13)25-2)9-15-21-22-17(26-15)20-16(23)19-12-4-3-7-18-10-12/h5-6,8,12,18H,3-4,7,9-10H2,1-2H3,(H2,19,20,22,23). The van der Waals surface area contributed by atoms with Gasteiger partial charge in [-0.1, -0.05) is 17.4 Å². The zero-order valence-corrected chi connectivity index (χ0v) is 15.7. The van der Waals surface area contributed by atoms with Crippen LogP contribution in [0.3, 0.4) is 0 Å². The van der Waals surface area contributed by atoms with Gasteiger partial charge in [-0.2, -0.15) is 0 Å². The van der Waals surface area contributed by atoms with Crippen LogP contribution in [-0.4, -0.2) is 49.6 Å². The van der Waals surface area contributed by atoms with E-state index in [-0.39, 0.29) is 12.1 Å². The highest BCUT2D eigenvalue weighted by Crippen LogP contribution is 2.29. The molecule has 2 aromatic rings. The number of methoxy groups -OCH3 is 2. The van der Waals surface area contributed by atoms with Gasteiger partial charge in [-0.3, -0.25) is 5.32 Å². The van der Waals surface area contributed by atoms with Crippen LogP contribution in [0.2, 0.25) is 0 Å². The van der Waals surface area contributed by atoms with Crippen LogP contribution in [0.1, 0.15) is 23.4 Å². The van der Waals surface area contributed by atoms with Crippen LogP contribution in [0.15, 0.2) is 18.2 Å². The maximum absolute atomic E-state index is 12.1. The van der Waals surface area contributed by atoms with Crippen molar-refractivity contribution in [1.82, 2.24) is 20.8 Å². The van der Waals surface area contributed by atoms with Crippen LogP contribution in [0.4, 0.5) is 9.93 Å². The van der Waals surface area contributed by atoms with Crippen LogP contribution in [0.5, 0.6) is 11.5 Å². The average Bonchev–Trinajstić information content (AvgIpc) is 3.09. The second kappa shape index (κ2) is 8.81. The van der Waals surface area contributed by atoms with Crippen molar-refractivity contribution in [1.29, 1.82) is 0 Å². The van der Waals surface area contributed by atoms with Crippen LogP contribution in [-0.2, 0) is 6.42 Å². The average molecular weight is 377 g/mol. The third-order valence-corrected chi connectivity index (χ3v) is 4.96. The Morgan fingerprint density at radius 3 is 2.88 bits per heavy atom. The molecule has 0 spiro atoms. The highest BCUT2D eigenvalue weighted by atomic mass is 32.1. The summed E-state index contributed by atoms with van der Waals surface area (Å²) in [5.41, 5.74) is 1.03. The number of piperidine rings is 1. The number of hydrogen-bond acceptors (Lipinski definition) is 7. The Labute approximate surface area is 156 Å².